The van der Waals surface area contributed by atoms with E-state index in [4.69, 9.17) is 0 Å². The molecule has 23 heavy (non-hydrogen) atoms. The van der Waals surface area contributed by atoms with Crippen molar-refractivity contribution in [1.29, 1.82) is 0 Å². The van der Waals surface area contributed by atoms with Gasteiger partial charge in [0, 0.05) is 20.5 Å². The molecule has 0 saturated carbocycles. The van der Waals surface area contributed by atoms with Crippen LogP contribution >= 0.6 is 11.0 Å². The van der Waals surface area contributed by atoms with E-state index in [9.17, 15) is 14.4 Å². The molecule has 0 unspecified atom stereocenters. The molecule has 6 nitrogen and oxygen atoms in total. The molecule has 0 fully saturated rings. The van der Waals surface area contributed by atoms with Crippen LogP contribution in [0.15, 0.2) is 0 Å². The summed E-state index contributed by atoms with van der Waals surface area (Å²) in [6, 6.07) is 0. The standard InChI is InChI=1S/C9H18N2O2SSe.C6H13NO/c1-11(2)7-3-6-10-8(12)4-5-9(13)15-14;1-4-5-6(8)7(2)3/h14H,3-7H2,1-2H3,(H,10,12);4-5H2,1-3H3. The molecule has 8 heteroatoms. The summed E-state index contributed by atoms with van der Waals surface area (Å²) < 4.78 is 0.0780. The molecule has 0 saturated heterocycles. The van der Waals surface area contributed by atoms with Gasteiger partial charge in [-0.25, -0.2) is 0 Å². The maximum atomic E-state index is 11.2. The molecular weight excluding hydrogens is 381 g/mol. The van der Waals surface area contributed by atoms with Gasteiger partial charge in [0.2, 0.25) is 5.91 Å². The van der Waals surface area contributed by atoms with Crippen molar-refractivity contribution in [3.05, 3.63) is 0 Å². The molecule has 0 aromatic carbocycles. The number of nitrogens with one attached hydrogen (secondary N) is 1. The first-order valence-electron chi connectivity index (χ1n) is 7.70. The topological polar surface area (TPSA) is 69.7 Å². The molecule has 0 aromatic rings. The minimum absolute atomic E-state index is 0.0420. The van der Waals surface area contributed by atoms with E-state index in [1.165, 1.54) is 0 Å². The van der Waals surface area contributed by atoms with Crippen molar-refractivity contribution in [2.75, 3.05) is 41.3 Å². The van der Waals surface area contributed by atoms with E-state index < -0.39 is 0 Å². The summed E-state index contributed by atoms with van der Waals surface area (Å²) in [6.45, 7) is 3.64. The molecule has 0 atom stereocenters. The third-order valence-electron chi connectivity index (χ3n) is 2.72. The van der Waals surface area contributed by atoms with Gasteiger partial charge in [0.25, 0.3) is 0 Å². The summed E-state index contributed by atoms with van der Waals surface area (Å²) in [5, 5.41) is 2.78. The average Bonchev–Trinajstić information content (AvgIpc) is 2.49. The van der Waals surface area contributed by atoms with Gasteiger partial charge in [0.1, 0.15) is 0 Å². The fourth-order valence-corrected chi connectivity index (χ4v) is 2.29. The Bertz CT molecular complexity index is 353. The number of hydrogen-bond donors (Lipinski definition) is 2. The molecule has 0 spiro atoms. The summed E-state index contributed by atoms with van der Waals surface area (Å²) in [4.78, 5) is 36.5. The SMILES string of the molecule is CCCC(=O)N(C)C.CN(C)CCCNC(=O)CCC(=O)[Se]S. The van der Waals surface area contributed by atoms with E-state index in [0.717, 1.165) is 19.4 Å². The van der Waals surface area contributed by atoms with Gasteiger partial charge in [-0.3, -0.25) is 4.79 Å². The number of hydrogen-bond acceptors (Lipinski definition) is 5. The van der Waals surface area contributed by atoms with Gasteiger partial charge < -0.3 is 4.90 Å². The quantitative estimate of drug-likeness (QED) is 0.316. The van der Waals surface area contributed by atoms with Gasteiger partial charge >= 0.3 is 102 Å². The second-order valence-corrected chi connectivity index (χ2v) is 7.80. The molecule has 0 aliphatic heterocycles. The Morgan fingerprint density at radius 2 is 1.65 bits per heavy atom. The van der Waals surface area contributed by atoms with Gasteiger partial charge in [0.15, 0.2) is 0 Å². The second-order valence-electron chi connectivity index (χ2n) is 5.51. The number of amides is 2. The zero-order chi connectivity index (χ0) is 18.3. The Morgan fingerprint density at radius 3 is 2.04 bits per heavy atom. The van der Waals surface area contributed by atoms with Gasteiger partial charge in [-0.2, -0.15) is 0 Å². The Kier molecular flexibility index (Phi) is 17.5. The summed E-state index contributed by atoms with van der Waals surface area (Å²) in [7, 11) is 7.54. The van der Waals surface area contributed by atoms with E-state index >= 15 is 0 Å². The third kappa shape index (κ3) is 19.4. The first-order valence-corrected chi connectivity index (χ1v) is 11.2. The maximum absolute atomic E-state index is 11.2. The number of carbonyl (C=O) groups is 3. The zero-order valence-electron chi connectivity index (χ0n) is 14.9. The summed E-state index contributed by atoms with van der Waals surface area (Å²) in [6.07, 6.45) is 3.17. The van der Waals surface area contributed by atoms with Crippen molar-refractivity contribution >= 4 is 41.4 Å². The Morgan fingerprint density at radius 1 is 1.04 bits per heavy atom. The van der Waals surface area contributed by atoms with Crippen molar-refractivity contribution in [1.82, 2.24) is 15.1 Å². The van der Waals surface area contributed by atoms with Crippen LogP contribution in [0, 0.1) is 0 Å². The van der Waals surface area contributed by atoms with Crippen LogP contribution in [0.1, 0.15) is 39.0 Å². The minimum atomic E-state index is -0.273. The van der Waals surface area contributed by atoms with Crippen LogP contribution in [0.25, 0.3) is 0 Å². The van der Waals surface area contributed by atoms with Crippen LogP contribution in [-0.4, -0.2) is 81.4 Å². The average molecular weight is 412 g/mol. The number of carbonyl (C=O) groups excluding carboxylic acids is 3. The predicted octanol–water partition coefficient (Wildman–Crippen LogP) is 0.785. The molecule has 2 amide bonds. The van der Waals surface area contributed by atoms with Gasteiger partial charge in [-0.05, 0) is 6.42 Å². The molecule has 0 rings (SSSR count). The van der Waals surface area contributed by atoms with Crippen molar-refractivity contribution in [3.63, 3.8) is 0 Å². The first-order chi connectivity index (χ1) is 10.7. The van der Waals surface area contributed by atoms with Crippen molar-refractivity contribution in [2.24, 2.45) is 0 Å². The number of nitrogens with zero attached hydrogens (tertiary/aromatic N) is 2. The molecule has 1 N–H and O–H groups in total. The Hall–Kier alpha value is -0.561. The molecular formula is C15H31N3O3SSe. The fourth-order valence-electron chi connectivity index (χ4n) is 1.41. The summed E-state index contributed by atoms with van der Waals surface area (Å²) in [5.74, 6) is 0.173. The molecule has 0 radical (unpaired) electrons. The molecule has 0 aromatic heterocycles. The van der Waals surface area contributed by atoms with Gasteiger partial charge in [-0.15, -0.1) is 0 Å². The van der Waals surface area contributed by atoms with E-state index in [1.54, 1.807) is 19.0 Å². The zero-order valence-corrected chi connectivity index (χ0v) is 17.5. The molecule has 0 heterocycles. The van der Waals surface area contributed by atoms with Crippen LogP contribution in [0.2, 0.25) is 0 Å². The van der Waals surface area contributed by atoms with Crippen molar-refractivity contribution in [2.45, 2.75) is 39.0 Å². The van der Waals surface area contributed by atoms with Crippen LogP contribution in [0.5, 0.6) is 0 Å². The molecule has 0 aliphatic rings. The summed E-state index contributed by atoms with van der Waals surface area (Å²) in [5.41, 5.74) is 0. The van der Waals surface area contributed by atoms with Crippen molar-refractivity contribution in [3.8, 4) is 0 Å². The van der Waals surface area contributed by atoms with E-state index in [2.05, 4.69) is 21.3 Å². The van der Waals surface area contributed by atoms with Gasteiger partial charge in [0.05, 0.1) is 0 Å². The molecule has 136 valence electrons. The number of thiol groups is 1. The Balaban J connectivity index is 0. The van der Waals surface area contributed by atoms with Crippen LogP contribution < -0.4 is 5.32 Å². The Labute approximate surface area is 151 Å². The van der Waals surface area contributed by atoms with E-state index in [-0.39, 0.29) is 30.3 Å². The fraction of sp³-hybridized carbons (Fsp3) is 0.800. The normalized spacial score (nSPS) is 9.87. The third-order valence-corrected chi connectivity index (χ3v) is 4.64. The molecule has 0 bridgehead atoms. The van der Waals surface area contributed by atoms with Gasteiger partial charge in [-0.1, -0.05) is 6.92 Å². The second kappa shape index (κ2) is 16.3. The van der Waals surface area contributed by atoms with E-state index in [0.29, 0.717) is 25.8 Å². The predicted molar refractivity (Wildman–Crippen MR) is 98.8 cm³/mol. The van der Waals surface area contributed by atoms with Crippen LogP contribution in [-0.2, 0) is 14.4 Å². The van der Waals surface area contributed by atoms with Crippen LogP contribution in [0.3, 0.4) is 0 Å². The van der Waals surface area contributed by atoms with Crippen LogP contribution in [0.4, 0.5) is 0 Å². The number of rotatable bonds is 10. The summed E-state index contributed by atoms with van der Waals surface area (Å²) >= 11 is 3.63. The monoisotopic (exact) mass is 413 g/mol. The van der Waals surface area contributed by atoms with Crippen molar-refractivity contribution < 1.29 is 14.4 Å². The van der Waals surface area contributed by atoms with E-state index in [1.807, 2.05) is 21.0 Å². The first kappa shape index (κ1) is 24.7. The molecule has 0 aliphatic carbocycles.